The maximum absolute atomic E-state index is 12.0. The lowest BCUT2D eigenvalue weighted by atomic mass is 9.78. The summed E-state index contributed by atoms with van der Waals surface area (Å²) < 4.78 is 5.16. The van der Waals surface area contributed by atoms with Gasteiger partial charge in [0.15, 0.2) is 0 Å². The first-order valence-corrected chi connectivity index (χ1v) is 9.77. The van der Waals surface area contributed by atoms with Crippen molar-refractivity contribution in [2.45, 2.75) is 38.5 Å². The SMILES string of the molecule is CCOC(=O)N1CCC(C2c3ncccc3CCc3cc(N)cnc32)CC1. The van der Waals surface area contributed by atoms with Gasteiger partial charge >= 0.3 is 6.09 Å². The number of likely N-dealkylation sites (tertiary alicyclic amines) is 1. The topological polar surface area (TPSA) is 81.3 Å². The van der Waals surface area contributed by atoms with Crippen LogP contribution in [0.1, 0.15) is 48.2 Å². The monoisotopic (exact) mass is 366 g/mol. The molecule has 1 aliphatic carbocycles. The van der Waals surface area contributed by atoms with Gasteiger partial charge in [0.25, 0.3) is 0 Å². The summed E-state index contributed by atoms with van der Waals surface area (Å²) in [5, 5.41) is 0. The van der Waals surface area contributed by atoms with Crippen LogP contribution in [0.15, 0.2) is 30.6 Å². The Labute approximate surface area is 159 Å². The molecule has 2 aliphatic rings. The van der Waals surface area contributed by atoms with Crippen molar-refractivity contribution in [2.75, 3.05) is 25.4 Å². The molecule has 2 aromatic heterocycles. The molecule has 0 radical (unpaired) electrons. The molecule has 0 saturated carbocycles. The van der Waals surface area contributed by atoms with Crippen molar-refractivity contribution < 1.29 is 9.53 Å². The molecular weight excluding hydrogens is 340 g/mol. The number of piperidine rings is 1. The van der Waals surface area contributed by atoms with E-state index in [-0.39, 0.29) is 12.0 Å². The molecule has 2 N–H and O–H groups in total. The zero-order valence-electron chi connectivity index (χ0n) is 15.7. The summed E-state index contributed by atoms with van der Waals surface area (Å²) in [6.45, 7) is 3.68. The van der Waals surface area contributed by atoms with E-state index in [2.05, 4.69) is 12.1 Å². The maximum atomic E-state index is 12.0. The lowest BCUT2D eigenvalue weighted by molar-refractivity contribution is 0.0898. The van der Waals surface area contributed by atoms with Crippen LogP contribution in [-0.4, -0.2) is 40.7 Å². The van der Waals surface area contributed by atoms with Crippen LogP contribution in [0.25, 0.3) is 0 Å². The number of carbonyl (C=O) groups is 1. The lowest BCUT2D eigenvalue weighted by Gasteiger charge is -2.35. The van der Waals surface area contributed by atoms with Crippen LogP contribution in [0.3, 0.4) is 0 Å². The zero-order chi connectivity index (χ0) is 18.8. The Hall–Kier alpha value is -2.63. The Balaban J connectivity index is 1.65. The molecule has 1 aliphatic heterocycles. The van der Waals surface area contributed by atoms with Crippen molar-refractivity contribution in [3.05, 3.63) is 53.1 Å². The first-order chi connectivity index (χ1) is 13.2. The number of aryl methyl sites for hydroxylation is 2. The Morgan fingerprint density at radius 1 is 1.22 bits per heavy atom. The number of nitrogens with zero attached hydrogens (tertiary/aromatic N) is 3. The molecule has 3 heterocycles. The van der Waals surface area contributed by atoms with Crippen LogP contribution < -0.4 is 5.73 Å². The minimum Gasteiger partial charge on any atom is -0.450 e. The second-order valence-electron chi connectivity index (χ2n) is 7.36. The van der Waals surface area contributed by atoms with Gasteiger partial charge in [-0.2, -0.15) is 0 Å². The highest BCUT2D eigenvalue weighted by molar-refractivity contribution is 5.67. The van der Waals surface area contributed by atoms with Gasteiger partial charge in [0.05, 0.1) is 29.9 Å². The predicted octanol–water partition coefficient (Wildman–Crippen LogP) is 3.16. The van der Waals surface area contributed by atoms with Crippen molar-refractivity contribution in [2.24, 2.45) is 5.92 Å². The summed E-state index contributed by atoms with van der Waals surface area (Å²) in [5.41, 5.74) is 11.5. The van der Waals surface area contributed by atoms with Crippen LogP contribution in [0.4, 0.5) is 10.5 Å². The predicted molar refractivity (Wildman–Crippen MR) is 103 cm³/mol. The van der Waals surface area contributed by atoms with Crippen LogP contribution >= 0.6 is 0 Å². The number of carbonyl (C=O) groups excluding carboxylic acids is 1. The number of hydrogen-bond donors (Lipinski definition) is 1. The number of rotatable bonds is 2. The number of amides is 1. The quantitative estimate of drug-likeness (QED) is 0.883. The number of anilines is 1. The van der Waals surface area contributed by atoms with Gasteiger partial charge in [0, 0.05) is 25.2 Å². The number of pyridine rings is 2. The van der Waals surface area contributed by atoms with Gasteiger partial charge in [-0.05, 0) is 61.8 Å². The number of nitrogen functional groups attached to an aromatic ring is 1. The first kappa shape index (κ1) is 17.8. The highest BCUT2D eigenvalue weighted by atomic mass is 16.6. The number of hydrogen-bond acceptors (Lipinski definition) is 5. The van der Waals surface area contributed by atoms with E-state index in [0.29, 0.717) is 31.3 Å². The summed E-state index contributed by atoms with van der Waals surface area (Å²) in [6, 6.07) is 6.25. The Morgan fingerprint density at radius 2 is 1.96 bits per heavy atom. The van der Waals surface area contributed by atoms with Crippen molar-refractivity contribution in [3.63, 3.8) is 0 Å². The number of aromatic nitrogens is 2. The molecule has 1 atom stereocenters. The summed E-state index contributed by atoms with van der Waals surface area (Å²) in [7, 11) is 0. The van der Waals surface area contributed by atoms with Gasteiger partial charge in [-0.1, -0.05) is 6.07 Å². The molecule has 4 rings (SSSR count). The molecule has 6 nitrogen and oxygen atoms in total. The van der Waals surface area contributed by atoms with E-state index < -0.39 is 0 Å². The van der Waals surface area contributed by atoms with Gasteiger partial charge in [0.2, 0.25) is 0 Å². The molecule has 1 saturated heterocycles. The van der Waals surface area contributed by atoms with Crippen molar-refractivity contribution >= 4 is 11.8 Å². The van der Waals surface area contributed by atoms with Crippen LogP contribution in [0.2, 0.25) is 0 Å². The summed E-state index contributed by atoms with van der Waals surface area (Å²) in [6.07, 6.45) is 7.16. The number of nitrogens with two attached hydrogens (primary N) is 1. The van der Waals surface area contributed by atoms with Crippen molar-refractivity contribution in [1.29, 1.82) is 0 Å². The van der Waals surface area contributed by atoms with E-state index in [4.69, 9.17) is 20.4 Å². The summed E-state index contributed by atoms with van der Waals surface area (Å²) in [4.78, 5) is 23.4. The molecule has 6 heteroatoms. The van der Waals surface area contributed by atoms with E-state index in [1.54, 1.807) is 6.20 Å². The highest BCUT2D eigenvalue weighted by Gasteiger charge is 2.35. The molecule has 142 valence electrons. The molecular formula is C21H26N4O2. The second-order valence-corrected chi connectivity index (χ2v) is 7.36. The molecule has 2 aromatic rings. The van der Waals surface area contributed by atoms with Gasteiger partial charge in [-0.25, -0.2) is 4.79 Å². The number of fused-ring (bicyclic) bond motifs is 2. The molecule has 0 spiro atoms. The minimum atomic E-state index is -0.207. The summed E-state index contributed by atoms with van der Waals surface area (Å²) >= 11 is 0. The van der Waals surface area contributed by atoms with Crippen LogP contribution in [0, 0.1) is 5.92 Å². The molecule has 1 fully saturated rings. The van der Waals surface area contributed by atoms with E-state index in [9.17, 15) is 4.79 Å². The van der Waals surface area contributed by atoms with Gasteiger partial charge in [-0.3, -0.25) is 9.97 Å². The Bertz CT molecular complexity index is 831. The second kappa shape index (κ2) is 7.55. The van der Waals surface area contributed by atoms with Crippen LogP contribution in [-0.2, 0) is 17.6 Å². The largest absolute Gasteiger partial charge is 0.450 e. The fourth-order valence-corrected chi connectivity index (χ4v) is 4.44. The third-order valence-electron chi connectivity index (χ3n) is 5.74. The molecule has 1 unspecified atom stereocenters. The third-order valence-corrected chi connectivity index (χ3v) is 5.74. The molecule has 1 amide bonds. The molecule has 0 aromatic carbocycles. The average molecular weight is 366 g/mol. The van der Waals surface area contributed by atoms with Crippen molar-refractivity contribution in [3.8, 4) is 0 Å². The van der Waals surface area contributed by atoms with Gasteiger partial charge in [0.1, 0.15) is 0 Å². The Kier molecular flexibility index (Phi) is 4.97. The van der Waals surface area contributed by atoms with Gasteiger partial charge in [-0.15, -0.1) is 0 Å². The van der Waals surface area contributed by atoms with Crippen molar-refractivity contribution in [1.82, 2.24) is 14.9 Å². The first-order valence-electron chi connectivity index (χ1n) is 9.77. The zero-order valence-corrected chi connectivity index (χ0v) is 15.7. The third kappa shape index (κ3) is 3.48. The molecule has 27 heavy (non-hydrogen) atoms. The average Bonchev–Trinajstić information content (AvgIpc) is 2.85. The smallest absolute Gasteiger partial charge is 0.409 e. The fourth-order valence-electron chi connectivity index (χ4n) is 4.44. The maximum Gasteiger partial charge on any atom is 0.409 e. The van der Waals surface area contributed by atoms with Crippen LogP contribution in [0.5, 0.6) is 0 Å². The minimum absolute atomic E-state index is 0.156. The Morgan fingerprint density at radius 3 is 2.74 bits per heavy atom. The molecule has 0 bridgehead atoms. The fraction of sp³-hybridized carbons (Fsp3) is 0.476. The van der Waals surface area contributed by atoms with E-state index in [0.717, 1.165) is 37.1 Å². The standard InChI is InChI=1S/C21H26N4O2/c1-2-27-21(26)25-10-7-14(8-11-25)18-19-15(4-3-9-23-19)5-6-16-12-17(22)13-24-20(16)18/h3-4,9,12-14,18H,2,5-8,10-11,22H2,1H3. The van der Waals surface area contributed by atoms with Gasteiger partial charge < -0.3 is 15.4 Å². The summed E-state index contributed by atoms with van der Waals surface area (Å²) in [5.74, 6) is 0.556. The lowest BCUT2D eigenvalue weighted by Crippen LogP contribution is -2.40. The van der Waals surface area contributed by atoms with E-state index in [1.807, 2.05) is 24.1 Å². The van der Waals surface area contributed by atoms with E-state index in [1.165, 1.54) is 11.1 Å². The number of ether oxygens (including phenoxy) is 1. The highest BCUT2D eigenvalue weighted by Crippen LogP contribution is 2.41. The van der Waals surface area contributed by atoms with E-state index >= 15 is 0 Å². The normalized spacial score (nSPS) is 19.7.